The molecule has 3 heteroatoms. The van der Waals surface area contributed by atoms with Gasteiger partial charge in [0.25, 0.3) is 0 Å². The normalized spacial score (nSPS) is 9.25. The Labute approximate surface area is 46.4 Å². The van der Waals surface area contributed by atoms with Gasteiger partial charge in [-0.25, -0.2) is 9.97 Å². The molecule has 0 aliphatic carbocycles. The van der Waals surface area contributed by atoms with Gasteiger partial charge in [-0.05, 0) is 6.92 Å². The average molecular weight is 111 g/mol. The summed E-state index contributed by atoms with van der Waals surface area (Å²) in [4.78, 5) is 6.80. The lowest BCUT2D eigenvalue weighted by Crippen LogP contribution is -1.85. The lowest BCUT2D eigenvalue weighted by atomic mass is 10.5. The first-order chi connectivity index (χ1) is 3.79. The van der Waals surface area contributed by atoms with E-state index in [1.165, 1.54) is 6.07 Å². The molecular weight excluding hydrogens is 107 g/mol. The van der Waals surface area contributed by atoms with Crippen LogP contribution in [0.2, 0.25) is 0 Å². The molecular formula is C5H4FN2. The van der Waals surface area contributed by atoms with Crippen LogP contribution in [0.1, 0.15) is 5.69 Å². The summed E-state index contributed by atoms with van der Waals surface area (Å²) in [5.41, 5.74) is 0.400. The Hall–Kier alpha value is -0.990. The number of rotatable bonds is 0. The van der Waals surface area contributed by atoms with E-state index < -0.39 is 5.95 Å². The minimum absolute atomic E-state index is 0.400. The van der Waals surface area contributed by atoms with Gasteiger partial charge in [0.15, 0.2) is 0 Å². The van der Waals surface area contributed by atoms with Gasteiger partial charge >= 0.3 is 0 Å². The van der Waals surface area contributed by atoms with E-state index in [1.807, 2.05) is 0 Å². The Bertz CT molecular complexity index is 170. The van der Waals surface area contributed by atoms with Crippen molar-refractivity contribution in [2.75, 3.05) is 0 Å². The fourth-order valence-electron chi connectivity index (χ4n) is 0.370. The van der Waals surface area contributed by atoms with Crippen LogP contribution in [0.3, 0.4) is 0 Å². The van der Waals surface area contributed by atoms with Gasteiger partial charge in [0, 0.05) is 11.8 Å². The molecule has 0 N–H and O–H groups in total. The molecule has 1 aromatic rings. The van der Waals surface area contributed by atoms with E-state index in [0.29, 0.717) is 5.69 Å². The second-order valence-corrected chi connectivity index (χ2v) is 1.33. The van der Waals surface area contributed by atoms with E-state index in [-0.39, 0.29) is 0 Å². The molecule has 41 valence electrons. The highest BCUT2D eigenvalue weighted by Crippen LogP contribution is 1.91. The van der Waals surface area contributed by atoms with Crippen LogP contribution in [0.15, 0.2) is 12.4 Å². The van der Waals surface area contributed by atoms with Crippen molar-refractivity contribution in [1.29, 1.82) is 0 Å². The molecule has 1 rings (SSSR count). The van der Waals surface area contributed by atoms with Gasteiger partial charge in [-0.1, -0.05) is 0 Å². The topological polar surface area (TPSA) is 25.8 Å². The molecule has 0 saturated carbocycles. The highest BCUT2D eigenvalue weighted by Gasteiger charge is 1.87. The zero-order valence-corrected chi connectivity index (χ0v) is 4.13. The Morgan fingerprint density at radius 1 is 1.50 bits per heavy atom. The van der Waals surface area contributed by atoms with Gasteiger partial charge in [0.2, 0.25) is 5.95 Å². The molecule has 0 spiro atoms. The molecule has 0 saturated heterocycles. The molecule has 0 aliphatic heterocycles. The molecule has 2 nitrogen and oxygen atoms in total. The van der Waals surface area contributed by atoms with E-state index in [2.05, 4.69) is 16.9 Å². The highest BCUT2D eigenvalue weighted by molar-refractivity contribution is 5.01. The molecule has 0 atom stereocenters. The lowest BCUT2D eigenvalue weighted by molar-refractivity contribution is 0.578. The van der Waals surface area contributed by atoms with Crippen molar-refractivity contribution in [3.05, 3.63) is 31.0 Å². The molecule has 0 bridgehead atoms. The quantitative estimate of drug-likeness (QED) is 0.463. The van der Waals surface area contributed by atoms with Crippen LogP contribution in [0.25, 0.3) is 0 Å². The van der Waals surface area contributed by atoms with E-state index in [9.17, 15) is 4.39 Å². The largest absolute Gasteiger partial charge is 0.241 e. The Morgan fingerprint density at radius 2 is 2.25 bits per heavy atom. The number of nitrogens with zero attached hydrogens (tertiary/aromatic N) is 2. The third-order valence-electron chi connectivity index (χ3n) is 0.690. The van der Waals surface area contributed by atoms with Crippen molar-refractivity contribution in [3.63, 3.8) is 0 Å². The predicted molar refractivity (Wildman–Crippen MR) is 26.4 cm³/mol. The molecule has 8 heavy (non-hydrogen) atoms. The van der Waals surface area contributed by atoms with Crippen LogP contribution in [0.4, 0.5) is 4.39 Å². The molecule has 0 fully saturated rings. The fraction of sp³-hybridized carbons (Fsp3) is 0. The van der Waals surface area contributed by atoms with E-state index in [0.717, 1.165) is 6.33 Å². The summed E-state index contributed by atoms with van der Waals surface area (Å²) < 4.78 is 12.0. The first kappa shape index (κ1) is 5.15. The summed E-state index contributed by atoms with van der Waals surface area (Å²) in [5, 5.41) is 0. The molecule has 1 heterocycles. The van der Waals surface area contributed by atoms with Crippen molar-refractivity contribution in [2.45, 2.75) is 0 Å². The van der Waals surface area contributed by atoms with Crippen molar-refractivity contribution in [1.82, 2.24) is 9.97 Å². The first-order valence-corrected chi connectivity index (χ1v) is 2.08. The van der Waals surface area contributed by atoms with Gasteiger partial charge in [-0.2, -0.15) is 4.39 Å². The SMILES string of the molecule is [CH2]c1cc(F)ncn1. The van der Waals surface area contributed by atoms with Crippen LogP contribution < -0.4 is 0 Å². The van der Waals surface area contributed by atoms with Gasteiger partial charge in [0.05, 0.1) is 0 Å². The minimum atomic E-state index is -0.537. The summed E-state index contributed by atoms with van der Waals surface area (Å²) in [6.07, 6.45) is 1.14. The van der Waals surface area contributed by atoms with Crippen molar-refractivity contribution >= 4 is 0 Å². The maximum absolute atomic E-state index is 12.0. The van der Waals surface area contributed by atoms with Crippen LogP contribution in [0, 0.1) is 12.9 Å². The predicted octanol–water partition coefficient (Wildman–Crippen LogP) is 0.798. The molecule has 0 aliphatic rings. The second-order valence-electron chi connectivity index (χ2n) is 1.33. The fourth-order valence-corrected chi connectivity index (χ4v) is 0.370. The summed E-state index contributed by atoms with van der Waals surface area (Å²) in [6, 6.07) is 1.17. The summed E-state index contributed by atoms with van der Waals surface area (Å²) >= 11 is 0. The number of aromatic nitrogens is 2. The number of hydrogen-bond acceptors (Lipinski definition) is 2. The third kappa shape index (κ3) is 0.992. The maximum Gasteiger partial charge on any atom is 0.216 e. The Balaban J connectivity index is 3.08. The van der Waals surface area contributed by atoms with E-state index >= 15 is 0 Å². The second kappa shape index (κ2) is 1.86. The van der Waals surface area contributed by atoms with Crippen LogP contribution in [-0.4, -0.2) is 9.97 Å². The standard InChI is InChI=1S/C5H4FN2/c1-4-2-5(6)8-3-7-4/h2-3H,1H2. The van der Waals surface area contributed by atoms with Crippen LogP contribution in [-0.2, 0) is 0 Å². The third-order valence-corrected chi connectivity index (χ3v) is 0.690. The number of hydrogen-bond donors (Lipinski definition) is 0. The maximum atomic E-state index is 12.0. The summed E-state index contributed by atoms with van der Waals surface area (Å²) in [7, 11) is 0. The van der Waals surface area contributed by atoms with Crippen LogP contribution >= 0.6 is 0 Å². The van der Waals surface area contributed by atoms with Gasteiger partial charge in [-0.3, -0.25) is 0 Å². The zero-order chi connectivity index (χ0) is 5.98. The van der Waals surface area contributed by atoms with Crippen molar-refractivity contribution < 1.29 is 4.39 Å². The zero-order valence-electron chi connectivity index (χ0n) is 4.13. The first-order valence-electron chi connectivity index (χ1n) is 2.08. The van der Waals surface area contributed by atoms with Gasteiger partial charge in [0.1, 0.15) is 6.33 Å². The van der Waals surface area contributed by atoms with E-state index in [4.69, 9.17) is 0 Å². The van der Waals surface area contributed by atoms with Crippen molar-refractivity contribution in [3.8, 4) is 0 Å². The Kier molecular flexibility index (Phi) is 1.20. The number of halogens is 1. The lowest BCUT2D eigenvalue weighted by Gasteiger charge is -1.85. The molecule has 1 radical (unpaired) electrons. The summed E-state index contributed by atoms with van der Waals surface area (Å²) in [5.74, 6) is -0.537. The molecule has 1 aromatic heterocycles. The summed E-state index contributed by atoms with van der Waals surface area (Å²) in [6.45, 7) is 3.39. The van der Waals surface area contributed by atoms with Gasteiger partial charge in [-0.15, -0.1) is 0 Å². The Morgan fingerprint density at radius 3 is 2.62 bits per heavy atom. The van der Waals surface area contributed by atoms with Crippen molar-refractivity contribution in [2.24, 2.45) is 0 Å². The smallest absolute Gasteiger partial charge is 0.216 e. The monoisotopic (exact) mass is 111 g/mol. The van der Waals surface area contributed by atoms with E-state index in [1.54, 1.807) is 0 Å². The van der Waals surface area contributed by atoms with Gasteiger partial charge < -0.3 is 0 Å². The minimum Gasteiger partial charge on any atom is -0.241 e. The highest BCUT2D eigenvalue weighted by atomic mass is 19.1. The molecule has 0 aromatic carbocycles. The molecule has 0 unspecified atom stereocenters. The molecule has 0 amide bonds. The average Bonchev–Trinajstić information content (AvgIpc) is 1.64. The van der Waals surface area contributed by atoms with Crippen LogP contribution in [0.5, 0.6) is 0 Å².